The maximum atomic E-state index is 13.0. The van der Waals surface area contributed by atoms with E-state index in [1.807, 2.05) is 30.3 Å². The van der Waals surface area contributed by atoms with E-state index in [4.69, 9.17) is 4.74 Å². The molecule has 0 saturated heterocycles. The molecule has 3 rings (SSSR count). The van der Waals surface area contributed by atoms with E-state index < -0.39 is 22.0 Å². The average Bonchev–Trinajstić information content (AvgIpc) is 3.20. The topological polar surface area (TPSA) is 101 Å². The number of benzene rings is 2. The first-order valence-corrected chi connectivity index (χ1v) is 11.8. The van der Waals surface area contributed by atoms with Crippen molar-refractivity contribution in [2.45, 2.75) is 19.4 Å². The third kappa shape index (κ3) is 4.95. The summed E-state index contributed by atoms with van der Waals surface area (Å²) in [5.74, 6) is 0.00884. The minimum atomic E-state index is -3.75. The molecule has 8 nitrogen and oxygen atoms in total. The van der Waals surface area contributed by atoms with E-state index in [-0.39, 0.29) is 6.42 Å². The zero-order valence-electron chi connectivity index (χ0n) is 16.8. The lowest BCUT2D eigenvalue weighted by Crippen LogP contribution is -2.47. The first kappa shape index (κ1) is 21.7. The summed E-state index contributed by atoms with van der Waals surface area (Å²) in [6.45, 7) is 1.75. The van der Waals surface area contributed by atoms with Crippen LogP contribution in [0.25, 0.3) is 10.6 Å². The standard InChI is InChI=1S/C20H22N4O4S2/c1-4-17(24(30(3,26)27)15-11-8-12-16(13-15)28-2)18(25)21-20-23-22-19(29-20)14-9-6-5-7-10-14/h5-13,17H,4H2,1-3H3,(H,21,23,25)/t17-/m0/s1. The second-order valence-electron chi connectivity index (χ2n) is 6.45. The Balaban J connectivity index is 1.87. The third-order valence-electron chi connectivity index (χ3n) is 4.31. The fourth-order valence-electron chi connectivity index (χ4n) is 2.97. The molecule has 1 amide bonds. The Morgan fingerprint density at radius 3 is 2.53 bits per heavy atom. The Bertz CT molecular complexity index is 1120. The van der Waals surface area contributed by atoms with Gasteiger partial charge in [-0.2, -0.15) is 0 Å². The second kappa shape index (κ2) is 9.23. The third-order valence-corrected chi connectivity index (χ3v) is 6.38. The number of ether oxygens (including phenoxy) is 1. The van der Waals surface area contributed by atoms with Gasteiger partial charge in [0.05, 0.1) is 19.1 Å². The molecule has 0 saturated carbocycles. The Morgan fingerprint density at radius 2 is 1.90 bits per heavy atom. The van der Waals surface area contributed by atoms with Gasteiger partial charge in [-0.1, -0.05) is 54.7 Å². The van der Waals surface area contributed by atoms with Gasteiger partial charge < -0.3 is 4.74 Å². The lowest BCUT2D eigenvalue weighted by atomic mass is 10.2. The van der Waals surface area contributed by atoms with Crippen LogP contribution in [0.1, 0.15) is 13.3 Å². The first-order chi connectivity index (χ1) is 14.3. The minimum absolute atomic E-state index is 0.264. The number of methoxy groups -OCH3 is 1. The molecular formula is C20H22N4O4S2. The zero-order valence-corrected chi connectivity index (χ0v) is 18.4. The van der Waals surface area contributed by atoms with E-state index in [0.29, 0.717) is 21.6 Å². The minimum Gasteiger partial charge on any atom is -0.497 e. The van der Waals surface area contributed by atoms with Crippen molar-refractivity contribution < 1.29 is 17.9 Å². The molecule has 0 spiro atoms. The summed E-state index contributed by atoms with van der Waals surface area (Å²) < 4.78 is 31.4. The molecule has 1 aromatic heterocycles. The molecular weight excluding hydrogens is 424 g/mol. The second-order valence-corrected chi connectivity index (χ2v) is 9.29. The van der Waals surface area contributed by atoms with Crippen molar-refractivity contribution in [3.8, 4) is 16.3 Å². The summed E-state index contributed by atoms with van der Waals surface area (Å²) >= 11 is 1.22. The normalized spacial score (nSPS) is 12.2. The van der Waals surface area contributed by atoms with Crippen LogP contribution in [0.5, 0.6) is 5.75 Å². The highest BCUT2D eigenvalue weighted by molar-refractivity contribution is 7.92. The lowest BCUT2D eigenvalue weighted by molar-refractivity contribution is -0.117. The van der Waals surface area contributed by atoms with Gasteiger partial charge in [-0.3, -0.25) is 14.4 Å². The summed E-state index contributed by atoms with van der Waals surface area (Å²) in [5.41, 5.74) is 1.23. The van der Waals surface area contributed by atoms with Crippen LogP contribution in [0.4, 0.5) is 10.8 Å². The van der Waals surface area contributed by atoms with E-state index in [0.717, 1.165) is 16.1 Å². The molecule has 1 heterocycles. The van der Waals surface area contributed by atoms with Gasteiger partial charge in [0.2, 0.25) is 21.1 Å². The van der Waals surface area contributed by atoms with E-state index in [1.54, 1.807) is 31.2 Å². The van der Waals surface area contributed by atoms with Crippen LogP contribution in [0.3, 0.4) is 0 Å². The molecule has 2 aromatic carbocycles. The van der Waals surface area contributed by atoms with Gasteiger partial charge >= 0.3 is 0 Å². The van der Waals surface area contributed by atoms with Crippen LogP contribution in [0.15, 0.2) is 54.6 Å². The van der Waals surface area contributed by atoms with Crippen molar-refractivity contribution in [2.75, 3.05) is 23.0 Å². The number of sulfonamides is 1. The molecule has 158 valence electrons. The number of nitrogens with zero attached hydrogens (tertiary/aromatic N) is 3. The van der Waals surface area contributed by atoms with Crippen LogP contribution < -0.4 is 14.4 Å². The fraction of sp³-hybridized carbons (Fsp3) is 0.250. The quantitative estimate of drug-likeness (QED) is 0.569. The monoisotopic (exact) mass is 446 g/mol. The molecule has 0 aliphatic heterocycles. The van der Waals surface area contributed by atoms with Crippen LogP contribution in [0.2, 0.25) is 0 Å². The molecule has 0 aliphatic rings. The number of hydrogen-bond donors (Lipinski definition) is 1. The van der Waals surface area contributed by atoms with E-state index in [1.165, 1.54) is 18.4 Å². The molecule has 0 radical (unpaired) electrons. The molecule has 10 heteroatoms. The molecule has 30 heavy (non-hydrogen) atoms. The summed E-state index contributed by atoms with van der Waals surface area (Å²) in [7, 11) is -2.25. The Kier molecular flexibility index (Phi) is 6.68. The molecule has 3 aromatic rings. The summed E-state index contributed by atoms with van der Waals surface area (Å²) in [4.78, 5) is 13.0. The molecule has 1 atom stereocenters. The SMILES string of the molecule is CC[C@@H](C(=O)Nc1nnc(-c2ccccc2)s1)N(c1cccc(OC)c1)S(C)(=O)=O. The van der Waals surface area contributed by atoms with Crippen molar-refractivity contribution in [2.24, 2.45) is 0 Å². The number of carbonyl (C=O) groups is 1. The van der Waals surface area contributed by atoms with Crippen molar-refractivity contribution in [3.63, 3.8) is 0 Å². The van der Waals surface area contributed by atoms with Crippen LogP contribution in [0, 0.1) is 0 Å². The number of rotatable bonds is 8. The van der Waals surface area contributed by atoms with Gasteiger partial charge in [0.1, 0.15) is 16.8 Å². The van der Waals surface area contributed by atoms with Gasteiger partial charge in [0.25, 0.3) is 0 Å². The van der Waals surface area contributed by atoms with Gasteiger partial charge in [-0.25, -0.2) is 8.42 Å². The number of nitrogens with one attached hydrogen (secondary N) is 1. The maximum absolute atomic E-state index is 13.0. The highest BCUT2D eigenvalue weighted by Crippen LogP contribution is 2.29. The van der Waals surface area contributed by atoms with Crippen molar-refractivity contribution in [1.82, 2.24) is 10.2 Å². The molecule has 0 bridgehead atoms. The summed E-state index contributed by atoms with van der Waals surface area (Å²) in [6.07, 6.45) is 1.33. The average molecular weight is 447 g/mol. The Hall–Kier alpha value is -2.98. The molecule has 0 unspecified atom stereocenters. The number of amides is 1. The van der Waals surface area contributed by atoms with Crippen LogP contribution >= 0.6 is 11.3 Å². The zero-order chi connectivity index (χ0) is 21.7. The predicted octanol–water partition coefficient (Wildman–Crippen LogP) is 3.40. The van der Waals surface area contributed by atoms with Gasteiger partial charge in [0.15, 0.2) is 0 Å². The highest BCUT2D eigenvalue weighted by atomic mass is 32.2. The molecule has 0 fully saturated rings. The number of hydrogen-bond acceptors (Lipinski definition) is 7. The van der Waals surface area contributed by atoms with E-state index >= 15 is 0 Å². The summed E-state index contributed by atoms with van der Waals surface area (Å²) in [6, 6.07) is 15.1. The fourth-order valence-corrected chi connectivity index (χ4v) is 4.92. The van der Waals surface area contributed by atoms with Gasteiger partial charge in [-0.15, -0.1) is 10.2 Å². The van der Waals surface area contributed by atoms with Crippen molar-refractivity contribution in [3.05, 3.63) is 54.6 Å². The first-order valence-electron chi connectivity index (χ1n) is 9.16. The van der Waals surface area contributed by atoms with Gasteiger partial charge in [0, 0.05) is 11.6 Å². The summed E-state index contributed by atoms with van der Waals surface area (Å²) in [5, 5.41) is 11.8. The number of aromatic nitrogens is 2. The van der Waals surface area contributed by atoms with Crippen molar-refractivity contribution in [1.29, 1.82) is 0 Å². The lowest BCUT2D eigenvalue weighted by Gasteiger charge is -2.29. The number of carbonyl (C=O) groups excluding carboxylic acids is 1. The van der Waals surface area contributed by atoms with E-state index in [2.05, 4.69) is 15.5 Å². The molecule has 0 aliphatic carbocycles. The predicted molar refractivity (Wildman–Crippen MR) is 118 cm³/mol. The highest BCUT2D eigenvalue weighted by Gasteiger charge is 2.32. The Morgan fingerprint density at radius 1 is 1.17 bits per heavy atom. The van der Waals surface area contributed by atoms with Gasteiger partial charge in [-0.05, 0) is 18.6 Å². The smallest absolute Gasteiger partial charge is 0.250 e. The van der Waals surface area contributed by atoms with E-state index in [9.17, 15) is 13.2 Å². The largest absolute Gasteiger partial charge is 0.497 e. The molecule has 1 N–H and O–H groups in total. The van der Waals surface area contributed by atoms with Crippen LogP contribution in [-0.2, 0) is 14.8 Å². The van der Waals surface area contributed by atoms with Crippen LogP contribution in [-0.4, -0.2) is 43.9 Å². The van der Waals surface area contributed by atoms with Crippen molar-refractivity contribution >= 4 is 38.1 Å². The Labute approximate surface area is 179 Å². The number of anilines is 2. The maximum Gasteiger partial charge on any atom is 0.250 e.